The highest BCUT2D eigenvalue weighted by atomic mass is 16.5. The van der Waals surface area contributed by atoms with Crippen LogP contribution in [0.3, 0.4) is 0 Å². The number of nitrogens with one attached hydrogen (secondary N) is 1. The van der Waals surface area contributed by atoms with Crippen LogP contribution in [0.15, 0.2) is 60.7 Å². The lowest BCUT2D eigenvalue weighted by atomic mass is 9.85. The summed E-state index contributed by atoms with van der Waals surface area (Å²) in [7, 11) is 1.56. The molecular weight excluding hydrogens is 356 g/mol. The minimum Gasteiger partial charge on any atom is -0.497 e. The number of rotatable bonds is 4. The first-order valence-electron chi connectivity index (χ1n) is 9.17. The number of anilines is 2. The van der Waals surface area contributed by atoms with E-state index in [1.165, 1.54) is 4.90 Å². The number of hydrogen-bond donors (Lipinski definition) is 1. The molecule has 2 aromatic carbocycles. The van der Waals surface area contributed by atoms with Crippen molar-refractivity contribution in [3.8, 4) is 5.75 Å². The second-order valence-electron chi connectivity index (χ2n) is 6.90. The molecule has 1 N–H and O–H groups in total. The number of hydrogen-bond acceptors (Lipinski definition) is 4. The fraction of sp³-hybridized carbons (Fsp3) is 0.227. The van der Waals surface area contributed by atoms with Crippen molar-refractivity contribution in [2.45, 2.75) is 12.8 Å². The van der Waals surface area contributed by atoms with Crippen molar-refractivity contribution in [2.24, 2.45) is 11.8 Å². The van der Waals surface area contributed by atoms with E-state index in [1.807, 2.05) is 12.2 Å². The van der Waals surface area contributed by atoms with Crippen LogP contribution in [-0.2, 0) is 9.59 Å². The average Bonchev–Trinajstić information content (AvgIpc) is 2.99. The zero-order valence-corrected chi connectivity index (χ0v) is 15.4. The van der Waals surface area contributed by atoms with Gasteiger partial charge in [0.25, 0.3) is 5.91 Å². The maximum Gasteiger partial charge on any atom is 0.255 e. The molecule has 0 unspecified atom stereocenters. The molecule has 0 radical (unpaired) electrons. The lowest BCUT2D eigenvalue weighted by Crippen LogP contribution is -2.30. The molecule has 142 valence electrons. The summed E-state index contributed by atoms with van der Waals surface area (Å²) in [6.07, 6.45) is 5.13. The van der Waals surface area contributed by atoms with Crippen molar-refractivity contribution in [3.63, 3.8) is 0 Å². The molecule has 2 aromatic rings. The summed E-state index contributed by atoms with van der Waals surface area (Å²) < 4.78 is 5.15. The molecule has 1 saturated heterocycles. The quantitative estimate of drug-likeness (QED) is 0.655. The predicted octanol–water partition coefficient (Wildman–Crippen LogP) is 3.40. The first-order chi connectivity index (χ1) is 13.6. The molecule has 0 bridgehead atoms. The van der Waals surface area contributed by atoms with Crippen LogP contribution in [0.4, 0.5) is 11.4 Å². The summed E-state index contributed by atoms with van der Waals surface area (Å²) in [4.78, 5) is 39.0. The first-order valence-corrected chi connectivity index (χ1v) is 9.17. The van der Waals surface area contributed by atoms with Crippen molar-refractivity contribution in [3.05, 3.63) is 66.2 Å². The SMILES string of the molecule is COc1cccc(NC(=O)c2ccc(N3C(=O)[C@@H]4CC=CC[C@H]4C3=O)cc2)c1. The van der Waals surface area contributed by atoms with Crippen molar-refractivity contribution >= 4 is 29.1 Å². The Labute approximate surface area is 162 Å². The number of amides is 3. The molecule has 0 saturated carbocycles. The van der Waals surface area contributed by atoms with Crippen molar-refractivity contribution in [1.29, 1.82) is 0 Å². The number of methoxy groups -OCH3 is 1. The molecular formula is C22H20N2O4. The second-order valence-corrected chi connectivity index (χ2v) is 6.90. The van der Waals surface area contributed by atoms with E-state index in [9.17, 15) is 14.4 Å². The fourth-order valence-corrected chi connectivity index (χ4v) is 3.72. The van der Waals surface area contributed by atoms with Gasteiger partial charge in [-0.3, -0.25) is 19.3 Å². The minimum absolute atomic E-state index is 0.159. The molecule has 0 aromatic heterocycles. The summed E-state index contributed by atoms with van der Waals surface area (Å²) in [6, 6.07) is 13.6. The number of carbonyl (C=O) groups is 3. The Balaban J connectivity index is 1.50. The van der Waals surface area contributed by atoms with Gasteiger partial charge in [-0.15, -0.1) is 0 Å². The van der Waals surface area contributed by atoms with Gasteiger partial charge >= 0.3 is 0 Å². The first kappa shape index (κ1) is 18.0. The molecule has 4 rings (SSSR count). The van der Waals surface area contributed by atoms with E-state index >= 15 is 0 Å². The molecule has 1 aliphatic heterocycles. The Hall–Kier alpha value is -3.41. The molecule has 6 heteroatoms. The number of nitrogens with zero attached hydrogens (tertiary/aromatic N) is 1. The highest BCUT2D eigenvalue weighted by Gasteiger charge is 2.47. The second kappa shape index (κ2) is 7.31. The van der Waals surface area contributed by atoms with E-state index < -0.39 is 0 Å². The van der Waals surface area contributed by atoms with Crippen molar-refractivity contribution in [2.75, 3.05) is 17.3 Å². The van der Waals surface area contributed by atoms with Crippen molar-refractivity contribution < 1.29 is 19.1 Å². The van der Waals surface area contributed by atoms with E-state index in [1.54, 1.807) is 55.6 Å². The standard InChI is InChI=1S/C22H20N2O4/c1-28-17-6-4-5-15(13-17)23-20(25)14-9-11-16(12-10-14)24-21(26)18-7-2-3-8-19(18)22(24)27/h2-6,9-13,18-19H,7-8H2,1H3,(H,23,25)/t18-,19-/m1/s1. The van der Waals surface area contributed by atoms with Gasteiger partial charge in [-0.2, -0.15) is 0 Å². The van der Waals surface area contributed by atoms with E-state index in [2.05, 4.69) is 5.32 Å². The van der Waals surface area contributed by atoms with Crippen LogP contribution in [-0.4, -0.2) is 24.8 Å². The highest BCUT2D eigenvalue weighted by Crippen LogP contribution is 2.37. The Morgan fingerprint density at radius 3 is 2.25 bits per heavy atom. The van der Waals surface area contributed by atoms with Crippen LogP contribution >= 0.6 is 0 Å². The number of carbonyl (C=O) groups excluding carboxylic acids is 3. The largest absolute Gasteiger partial charge is 0.497 e. The van der Waals surface area contributed by atoms with Crippen LogP contribution in [0, 0.1) is 11.8 Å². The molecule has 1 fully saturated rings. The summed E-state index contributed by atoms with van der Waals surface area (Å²) in [5.74, 6) is -0.491. The number of benzene rings is 2. The maximum absolute atomic E-state index is 12.7. The summed E-state index contributed by atoms with van der Waals surface area (Å²) in [6.45, 7) is 0. The Morgan fingerprint density at radius 1 is 1.00 bits per heavy atom. The number of fused-ring (bicyclic) bond motifs is 1. The smallest absolute Gasteiger partial charge is 0.255 e. The van der Waals surface area contributed by atoms with Gasteiger partial charge in [-0.25, -0.2) is 0 Å². The zero-order chi connectivity index (χ0) is 19.7. The Kier molecular flexibility index (Phi) is 4.69. The Bertz CT molecular complexity index is 939. The number of allylic oxidation sites excluding steroid dienone is 2. The molecule has 28 heavy (non-hydrogen) atoms. The van der Waals surface area contributed by atoms with Crippen LogP contribution in [0.1, 0.15) is 23.2 Å². The third-order valence-electron chi connectivity index (χ3n) is 5.22. The lowest BCUT2D eigenvalue weighted by Gasteiger charge is -2.15. The van der Waals surface area contributed by atoms with Crippen LogP contribution in [0.2, 0.25) is 0 Å². The van der Waals surface area contributed by atoms with Gasteiger partial charge in [0.2, 0.25) is 11.8 Å². The Morgan fingerprint density at radius 2 is 1.64 bits per heavy atom. The van der Waals surface area contributed by atoms with Gasteiger partial charge in [0.05, 0.1) is 24.6 Å². The van der Waals surface area contributed by atoms with Crippen LogP contribution < -0.4 is 15.0 Å². The molecule has 2 atom stereocenters. The van der Waals surface area contributed by atoms with Crippen LogP contribution in [0.25, 0.3) is 0 Å². The molecule has 1 heterocycles. The van der Waals surface area contributed by atoms with Gasteiger partial charge in [0, 0.05) is 17.3 Å². The maximum atomic E-state index is 12.7. The third-order valence-corrected chi connectivity index (χ3v) is 5.22. The van der Waals surface area contributed by atoms with E-state index in [4.69, 9.17) is 4.74 Å². The van der Waals surface area contributed by atoms with Gasteiger partial charge < -0.3 is 10.1 Å². The summed E-state index contributed by atoms with van der Waals surface area (Å²) >= 11 is 0. The normalized spacial score (nSPS) is 20.8. The van der Waals surface area contributed by atoms with Gasteiger partial charge in [0.15, 0.2) is 0 Å². The van der Waals surface area contributed by atoms with E-state index in [-0.39, 0.29) is 29.6 Å². The summed E-state index contributed by atoms with van der Waals surface area (Å²) in [5, 5.41) is 2.81. The molecule has 3 amide bonds. The summed E-state index contributed by atoms with van der Waals surface area (Å²) in [5.41, 5.74) is 1.56. The van der Waals surface area contributed by atoms with Gasteiger partial charge in [-0.05, 0) is 49.2 Å². The average molecular weight is 376 g/mol. The van der Waals surface area contributed by atoms with Gasteiger partial charge in [0.1, 0.15) is 5.75 Å². The molecule has 6 nitrogen and oxygen atoms in total. The van der Waals surface area contributed by atoms with Crippen molar-refractivity contribution in [1.82, 2.24) is 0 Å². The highest BCUT2D eigenvalue weighted by molar-refractivity contribution is 6.22. The number of ether oxygens (including phenoxy) is 1. The predicted molar refractivity (Wildman–Crippen MR) is 105 cm³/mol. The minimum atomic E-state index is -0.281. The molecule has 2 aliphatic rings. The number of imide groups is 1. The lowest BCUT2D eigenvalue weighted by molar-refractivity contribution is -0.122. The topological polar surface area (TPSA) is 75.7 Å². The van der Waals surface area contributed by atoms with Crippen LogP contribution in [0.5, 0.6) is 5.75 Å². The van der Waals surface area contributed by atoms with E-state index in [0.29, 0.717) is 35.5 Å². The monoisotopic (exact) mass is 376 g/mol. The molecule has 0 spiro atoms. The zero-order valence-electron chi connectivity index (χ0n) is 15.4. The molecule has 1 aliphatic carbocycles. The fourth-order valence-electron chi connectivity index (χ4n) is 3.72. The van der Waals surface area contributed by atoms with E-state index in [0.717, 1.165) is 0 Å². The third kappa shape index (κ3) is 3.17. The van der Waals surface area contributed by atoms with Gasteiger partial charge in [-0.1, -0.05) is 18.2 Å².